The molecule has 0 unspecified atom stereocenters. The maximum Gasteiger partial charge on any atom is 0.391 e. The zero-order valence-electron chi connectivity index (χ0n) is 25.9. The second kappa shape index (κ2) is 10.2. The first kappa shape index (κ1) is 30.2. The van der Waals surface area contributed by atoms with Crippen LogP contribution in [0.1, 0.15) is 79.0 Å². The molecule has 0 radical (unpaired) electrons. The Kier molecular flexibility index (Phi) is 7.73. The second-order valence-corrected chi connectivity index (χ2v) is 14.2. The highest BCUT2D eigenvalue weighted by atomic mass is 31.2. The number of benzene rings is 3. The van der Waals surface area contributed by atoms with E-state index in [9.17, 15) is 9.79 Å². The molecule has 0 heterocycles. The van der Waals surface area contributed by atoms with Gasteiger partial charge < -0.3 is 28.5 Å². The van der Waals surface area contributed by atoms with Crippen molar-refractivity contribution in [2.75, 3.05) is 21.3 Å². The van der Waals surface area contributed by atoms with E-state index >= 15 is 0 Å². The van der Waals surface area contributed by atoms with Gasteiger partial charge in [-0.2, -0.15) is 0 Å². The van der Waals surface area contributed by atoms with Crippen LogP contribution in [0, 0.1) is 0 Å². The Morgan fingerprint density at radius 2 is 1.02 bits per heavy atom. The third-order valence-electron chi connectivity index (χ3n) is 7.50. The summed E-state index contributed by atoms with van der Waals surface area (Å²) in [5.41, 5.74) is 7.73. The molecule has 0 atom stereocenters. The summed E-state index contributed by atoms with van der Waals surface area (Å²) in [5.74, 6) is 2.67. The van der Waals surface area contributed by atoms with Gasteiger partial charge in [0.05, 0.1) is 21.3 Å². The number of fused-ring (bicyclic) bond motifs is 7. The molecule has 0 aliphatic heterocycles. The third kappa shape index (κ3) is 5.18. The van der Waals surface area contributed by atoms with Crippen molar-refractivity contribution in [2.24, 2.45) is 0 Å². The van der Waals surface area contributed by atoms with Gasteiger partial charge in [-0.25, -0.2) is 0 Å². The lowest BCUT2D eigenvalue weighted by Crippen LogP contribution is -2.18. The molecule has 40 heavy (non-hydrogen) atoms. The van der Waals surface area contributed by atoms with E-state index in [0.29, 0.717) is 5.75 Å². The summed E-state index contributed by atoms with van der Waals surface area (Å²) < 4.78 is 23.9. The predicted molar refractivity (Wildman–Crippen MR) is 164 cm³/mol. The molecule has 1 aliphatic carbocycles. The van der Waals surface area contributed by atoms with Gasteiger partial charge in [-0.1, -0.05) is 62.3 Å². The van der Waals surface area contributed by atoms with Crippen LogP contribution in [0.5, 0.6) is 23.0 Å². The average molecular weight is 567 g/mol. The molecule has 3 aromatic rings. The van der Waals surface area contributed by atoms with Crippen molar-refractivity contribution >= 4 is 8.60 Å². The first-order chi connectivity index (χ1) is 18.4. The highest BCUT2D eigenvalue weighted by Gasteiger charge is 2.39. The summed E-state index contributed by atoms with van der Waals surface area (Å²) in [4.78, 5) is 20.2. The van der Waals surface area contributed by atoms with Gasteiger partial charge in [0.1, 0.15) is 23.0 Å². The highest BCUT2D eigenvalue weighted by Crippen LogP contribution is 2.60. The smallest absolute Gasteiger partial charge is 0.391 e. The SMILES string of the molecule is COc1cc2c(c(C(C)(C)C)c1)-c1cc(OP(O)O)c(C(C)(C)C)c(c1OC)-c1c-2cc(OC)cc1C(C)(C)C. The van der Waals surface area contributed by atoms with E-state index in [-0.39, 0.29) is 10.8 Å². The fourth-order valence-electron chi connectivity index (χ4n) is 5.82. The molecular formula is C33H43O6P. The van der Waals surface area contributed by atoms with Gasteiger partial charge >= 0.3 is 8.60 Å². The maximum absolute atomic E-state index is 10.1. The standard InChI is InChI=1S/C33H43O6P/c1-31(2,3)23-15-18(36-10)13-20-21-14-19(37-11)16-24(32(4,5)6)27(21)28-29(33(7,8)9)25(39-40(34)35)17-22(26(20)23)30(28)38-12/h13-17,34-35H,1-12H3. The van der Waals surface area contributed by atoms with Gasteiger partial charge in [0, 0.05) is 16.7 Å². The molecule has 1 aliphatic rings. The molecule has 0 saturated heterocycles. The molecule has 0 saturated carbocycles. The number of hydrogen-bond acceptors (Lipinski definition) is 6. The quantitative estimate of drug-likeness (QED) is 0.236. The van der Waals surface area contributed by atoms with Crippen molar-refractivity contribution in [3.63, 3.8) is 0 Å². The van der Waals surface area contributed by atoms with E-state index in [2.05, 4.69) is 86.6 Å². The van der Waals surface area contributed by atoms with Gasteiger partial charge in [-0.05, 0) is 80.0 Å². The summed E-state index contributed by atoms with van der Waals surface area (Å²) in [6, 6.07) is 10.2. The second-order valence-electron chi connectivity index (χ2n) is 13.5. The van der Waals surface area contributed by atoms with Gasteiger partial charge in [0.15, 0.2) is 0 Å². The molecule has 4 rings (SSSR count). The zero-order valence-corrected chi connectivity index (χ0v) is 26.8. The van der Waals surface area contributed by atoms with Crippen LogP contribution < -0.4 is 18.7 Å². The molecule has 0 amide bonds. The Labute approximate surface area is 240 Å². The predicted octanol–water partition coefficient (Wildman–Crippen LogP) is 8.51. The minimum absolute atomic E-state index is 0.260. The van der Waals surface area contributed by atoms with Crippen LogP contribution in [-0.2, 0) is 16.2 Å². The largest absolute Gasteiger partial charge is 0.497 e. The molecular weight excluding hydrogens is 523 g/mol. The molecule has 2 N–H and O–H groups in total. The Bertz CT molecular complexity index is 1450. The summed E-state index contributed by atoms with van der Waals surface area (Å²) in [5, 5.41) is 0. The summed E-state index contributed by atoms with van der Waals surface area (Å²) >= 11 is 0. The lowest BCUT2D eigenvalue weighted by atomic mass is 9.74. The van der Waals surface area contributed by atoms with E-state index in [1.165, 1.54) is 0 Å². The number of methoxy groups -OCH3 is 3. The monoisotopic (exact) mass is 566 g/mol. The van der Waals surface area contributed by atoms with Crippen molar-refractivity contribution in [1.82, 2.24) is 0 Å². The normalized spacial score (nSPS) is 13.0. The van der Waals surface area contributed by atoms with Crippen molar-refractivity contribution in [1.29, 1.82) is 0 Å². The molecule has 7 heteroatoms. The molecule has 6 nitrogen and oxygen atoms in total. The summed E-state index contributed by atoms with van der Waals surface area (Å²) in [6.07, 6.45) is 0. The Morgan fingerprint density at radius 1 is 0.550 bits per heavy atom. The van der Waals surface area contributed by atoms with Crippen LogP contribution in [-0.4, -0.2) is 31.1 Å². The molecule has 2 bridgehead atoms. The van der Waals surface area contributed by atoms with Crippen LogP contribution >= 0.6 is 8.60 Å². The fraction of sp³-hybridized carbons (Fsp3) is 0.455. The first-order valence-electron chi connectivity index (χ1n) is 13.5. The van der Waals surface area contributed by atoms with Crippen LogP contribution in [0.15, 0.2) is 30.3 Å². The van der Waals surface area contributed by atoms with Crippen LogP contribution in [0.2, 0.25) is 0 Å². The minimum atomic E-state index is -2.66. The molecule has 3 aromatic carbocycles. The van der Waals surface area contributed by atoms with Gasteiger partial charge in [-0.3, -0.25) is 0 Å². The van der Waals surface area contributed by atoms with Gasteiger partial charge in [0.2, 0.25) is 0 Å². The summed E-state index contributed by atoms with van der Waals surface area (Å²) in [6.45, 7) is 19.4. The van der Waals surface area contributed by atoms with Crippen LogP contribution in [0.4, 0.5) is 0 Å². The van der Waals surface area contributed by atoms with E-state index in [0.717, 1.165) is 67.3 Å². The van der Waals surface area contributed by atoms with E-state index in [1.807, 2.05) is 6.07 Å². The number of hydrogen-bond donors (Lipinski definition) is 2. The van der Waals surface area contributed by atoms with E-state index in [4.69, 9.17) is 18.7 Å². The maximum atomic E-state index is 10.1. The number of ether oxygens (including phenoxy) is 3. The molecule has 0 fully saturated rings. The fourth-order valence-corrected chi connectivity index (χ4v) is 6.14. The Hall–Kier alpha value is -2.79. The lowest BCUT2D eigenvalue weighted by Gasteiger charge is -2.32. The zero-order chi connectivity index (χ0) is 29.9. The van der Waals surface area contributed by atoms with Crippen molar-refractivity contribution in [2.45, 2.75) is 78.6 Å². The summed E-state index contributed by atoms with van der Waals surface area (Å²) in [7, 11) is 2.42. The van der Waals surface area contributed by atoms with Gasteiger partial charge in [0.25, 0.3) is 0 Å². The van der Waals surface area contributed by atoms with Gasteiger partial charge in [-0.15, -0.1) is 0 Å². The average Bonchev–Trinajstić information content (AvgIpc) is 2.90. The van der Waals surface area contributed by atoms with Crippen LogP contribution in [0.3, 0.4) is 0 Å². The Balaban J connectivity index is 2.45. The first-order valence-corrected chi connectivity index (χ1v) is 14.7. The minimum Gasteiger partial charge on any atom is -0.497 e. The van der Waals surface area contributed by atoms with Crippen LogP contribution in [0.25, 0.3) is 33.4 Å². The number of rotatable bonds is 5. The van der Waals surface area contributed by atoms with E-state index in [1.54, 1.807) is 21.3 Å². The molecule has 216 valence electrons. The van der Waals surface area contributed by atoms with Crippen molar-refractivity contribution in [3.8, 4) is 56.4 Å². The topological polar surface area (TPSA) is 77.4 Å². The molecule has 0 aromatic heterocycles. The molecule has 0 spiro atoms. The van der Waals surface area contributed by atoms with E-state index < -0.39 is 14.0 Å². The lowest BCUT2D eigenvalue weighted by molar-refractivity contribution is 0.368. The van der Waals surface area contributed by atoms with Crippen molar-refractivity contribution in [3.05, 3.63) is 47.0 Å². The van der Waals surface area contributed by atoms with Crippen molar-refractivity contribution < 1.29 is 28.5 Å². The third-order valence-corrected chi connectivity index (χ3v) is 7.86. The Morgan fingerprint density at radius 3 is 1.43 bits per heavy atom. The highest BCUT2D eigenvalue weighted by molar-refractivity contribution is 7.39.